The lowest BCUT2D eigenvalue weighted by molar-refractivity contribution is 1.03. The van der Waals surface area contributed by atoms with E-state index in [1.165, 1.54) is 0 Å². The number of aromatic nitrogens is 5. The molecule has 0 aliphatic rings. The van der Waals surface area contributed by atoms with E-state index in [4.69, 9.17) is 11.6 Å². The van der Waals surface area contributed by atoms with Crippen LogP contribution in [0.25, 0.3) is 33.5 Å². The smallest absolute Gasteiger partial charge is 0.204 e. The molecule has 5 nitrogen and oxygen atoms in total. The van der Waals surface area contributed by atoms with Gasteiger partial charge in [0.2, 0.25) is 5.65 Å². The van der Waals surface area contributed by atoms with E-state index in [-0.39, 0.29) is 0 Å². The molecule has 0 aliphatic heterocycles. The predicted octanol–water partition coefficient (Wildman–Crippen LogP) is 3.74. The van der Waals surface area contributed by atoms with Crippen molar-refractivity contribution >= 4 is 22.6 Å². The number of nitrogens with zero attached hydrogens (tertiary/aromatic N) is 4. The van der Waals surface area contributed by atoms with Gasteiger partial charge in [-0.05, 0) is 12.1 Å². The van der Waals surface area contributed by atoms with E-state index in [0.29, 0.717) is 16.4 Å². The van der Waals surface area contributed by atoms with E-state index in [9.17, 15) is 0 Å². The average Bonchev–Trinajstić information content (AvgIpc) is 3.02. The molecular weight excluding hydrogens is 298 g/mol. The van der Waals surface area contributed by atoms with Crippen molar-refractivity contribution in [1.29, 1.82) is 0 Å². The molecule has 0 saturated carbocycles. The Morgan fingerprint density at radius 1 is 0.909 bits per heavy atom. The molecule has 106 valence electrons. The maximum atomic E-state index is 6.58. The number of hydrogen-bond acceptors (Lipinski definition) is 4. The van der Waals surface area contributed by atoms with Crippen LogP contribution < -0.4 is 0 Å². The Morgan fingerprint density at radius 2 is 1.73 bits per heavy atom. The molecule has 3 heterocycles. The van der Waals surface area contributed by atoms with Gasteiger partial charge in [-0.2, -0.15) is 5.10 Å². The van der Waals surface area contributed by atoms with Gasteiger partial charge in [-0.1, -0.05) is 41.9 Å². The zero-order valence-corrected chi connectivity index (χ0v) is 12.1. The Bertz CT molecular complexity index is 935. The Kier molecular flexibility index (Phi) is 3.05. The fourth-order valence-corrected chi connectivity index (χ4v) is 2.70. The average molecular weight is 308 g/mol. The zero-order valence-electron chi connectivity index (χ0n) is 11.4. The van der Waals surface area contributed by atoms with Crippen LogP contribution in [0.1, 0.15) is 0 Å². The van der Waals surface area contributed by atoms with Crippen molar-refractivity contribution in [2.75, 3.05) is 0 Å². The number of benzene rings is 1. The summed E-state index contributed by atoms with van der Waals surface area (Å²) < 4.78 is 0. The van der Waals surface area contributed by atoms with E-state index in [2.05, 4.69) is 25.4 Å². The fourth-order valence-electron chi connectivity index (χ4n) is 2.37. The summed E-state index contributed by atoms with van der Waals surface area (Å²) in [5.41, 5.74) is 3.75. The van der Waals surface area contributed by atoms with Crippen molar-refractivity contribution in [3.05, 3.63) is 59.9 Å². The number of H-pyrrole nitrogens is 1. The fraction of sp³-hybridized carbons (Fsp3) is 0. The van der Waals surface area contributed by atoms with Crippen molar-refractivity contribution in [1.82, 2.24) is 25.4 Å². The molecular formula is C16H10ClN5. The third-order valence-corrected chi connectivity index (χ3v) is 3.78. The van der Waals surface area contributed by atoms with E-state index < -0.39 is 0 Å². The molecule has 0 fully saturated rings. The molecule has 0 bridgehead atoms. The standard InChI is InChI=1S/C16H10ClN5/c17-13-12-14(10-5-2-1-3-6-10)19-21-16(12)22-20-15(13)11-7-4-8-18-9-11/h1-9H,(H,19,21,22). The van der Waals surface area contributed by atoms with Crippen LogP contribution >= 0.6 is 11.6 Å². The summed E-state index contributed by atoms with van der Waals surface area (Å²) in [5.74, 6) is 0. The molecule has 0 saturated heterocycles. The molecule has 0 amide bonds. The van der Waals surface area contributed by atoms with Crippen LogP contribution in [0.2, 0.25) is 5.02 Å². The number of aromatic amines is 1. The minimum absolute atomic E-state index is 0.497. The number of hydrogen-bond donors (Lipinski definition) is 1. The first-order chi connectivity index (χ1) is 10.8. The molecule has 0 atom stereocenters. The van der Waals surface area contributed by atoms with Crippen molar-refractivity contribution in [2.45, 2.75) is 0 Å². The van der Waals surface area contributed by atoms with Gasteiger partial charge in [0.15, 0.2) is 0 Å². The van der Waals surface area contributed by atoms with Gasteiger partial charge in [-0.3, -0.25) is 10.1 Å². The minimum atomic E-state index is 0.497. The lowest BCUT2D eigenvalue weighted by Crippen LogP contribution is -1.91. The first-order valence-corrected chi connectivity index (χ1v) is 7.08. The highest BCUT2D eigenvalue weighted by Crippen LogP contribution is 2.35. The van der Waals surface area contributed by atoms with Gasteiger partial charge >= 0.3 is 0 Å². The minimum Gasteiger partial charge on any atom is -0.275 e. The molecule has 1 N–H and O–H groups in total. The molecule has 0 spiro atoms. The van der Waals surface area contributed by atoms with E-state index in [1.54, 1.807) is 12.4 Å². The highest BCUT2D eigenvalue weighted by atomic mass is 35.5. The zero-order chi connectivity index (χ0) is 14.9. The molecule has 0 radical (unpaired) electrons. The van der Waals surface area contributed by atoms with Gasteiger partial charge in [-0.15, -0.1) is 10.2 Å². The Labute approximate surface area is 131 Å². The Hall–Kier alpha value is -2.79. The Balaban J connectivity index is 1.99. The van der Waals surface area contributed by atoms with Crippen LogP contribution in [0.15, 0.2) is 54.9 Å². The third-order valence-electron chi connectivity index (χ3n) is 3.42. The number of rotatable bonds is 2. The first kappa shape index (κ1) is 12.9. The SMILES string of the molecule is Clc1c(-c2cccnc2)nnc2n[nH]c(-c3ccccc3)c12. The second kappa shape index (κ2) is 5.20. The normalized spacial score (nSPS) is 11.0. The molecule has 6 heteroatoms. The van der Waals surface area contributed by atoms with Crippen LogP contribution in [0.5, 0.6) is 0 Å². The van der Waals surface area contributed by atoms with Gasteiger partial charge in [0, 0.05) is 23.5 Å². The summed E-state index contributed by atoms with van der Waals surface area (Å²) in [6, 6.07) is 13.6. The summed E-state index contributed by atoms with van der Waals surface area (Å²) in [4.78, 5) is 4.10. The molecule has 1 aromatic carbocycles. The van der Waals surface area contributed by atoms with Gasteiger partial charge in [0.25, 0.3) is 0 Å². The Morgan fingerprint density at radius 3 is 2.50 bits per heavy atom. The second-order valence-electron chi connectivity index (χ2n) is 4.77. The first-order valence-electron chi connectivity index (χ1n) is 6.70. The molecule has 3 aromatic heterocycles. The quantitative estimate of drug-likeness (QED) is 0.612. The van der Waals surface area contributed by atoms with Crippen LogP contribution in [0.4, 0.5) is 0 Å². The molecule has 0 aliphatic carbocycles. The molecule has 4 aromatic rings. The van der Waals surface area contributed by atoms with Crippen LogP contribution in [-0.2, 0) is 0 Å². The van der Waals surface area contributed by atoms with Crippen LogP contribution in [0, 0.1) is 0 Å². The van der Waals surface area contributed by atoms with E-state index >= 15 is 0 Å². The van der Waals surface area contributed by atoms with Crippen molar-refractivity contribution < 1.29 is 0 Å². The summed E-state index contributed by atoms with van der Waals surface area (Å²) in [6.07, 6.45) is 3.42. The number of pyridine rings is 1. The van der Waals surface area contributed by atoms with Crippen molar-refractivity contribution in [3.63, 3.8) is 0 Å². The largest absolute Gasteiger partial charge is 0.275 e. The van der Waals surface area contributed by atoms with Crippen molar-refractivity contribution in [3.8, 4) is 22.5 Å². The third kappa shape index (κ3) is 2.03. The predicted molar refractivity (Wildman–Crippen MR) is 85.4 cm³/mol. The molecule has 4 rings (SSSR count). The number of fused-ring (bicyclic) bond motifs is 1. The van der Waals surface area contributed by atoms with Gasteiger partial charge in [0.05, 0.1) is 16.1 Å². The van der Waals surface area contributed by atoms with Gasteiger partial charge < -0.3 is 0 Å². The lowest BCUT2D eigenvalue weighted by Gasteiger charge is -2.04. The number of nitrogens with one attached hydrogen (secondary N) is 1. The van der Waals surface area contributed by atoms with E-state index in [0.717, 1.165) is 22.2 Å². The summed E-state index contributed by atoms with van der Waals surface area (Å²) in [7, 11) is 0. The maximum Gasteiger partial charge on any atom is 0.204 e. The van der Waals surface area contributed by atoms with E-state index in [1.807, 2.05) is 42.5 Å². The molecule has 0 unspecified atom stereocenters. The van der Waals surface area contributed by atoms with Crippen LogP contribution in [0.3, 0.4) is 0 Å². The lowest BCUT2D eigenvalue weighted by atomic mass is 10.1. The number of halogens is 1. The topological polar surface area (TPSA) is 67.3 Å². The highest BCUT2D eigenvalue weighted by Gasteiger charge is 2.17. The monoisotopic (exact) mass is 307 g/mol. The maximum absolute atomic E-state index is 6.58. The highest BCUT2D eigenvalue weighted by molar-refractivity contribution is 6.38. The summed E-state index contributed by atoms with van der Waals surface area (Å²) in [5, 5.41) is 16.8. The van der Waals surface area contributed by atoms with Crippen LogP contribution in [-0.4, -0.2) is 25.4 Å². The molecule has 22 heavy (non-hydrogen) atoms. The summed E-state index contributed by atoms with van der Waals surface area (Å²) in [6.45, 7) is 0. The summed E-state index contributed by atoms with van der Waals surface area (Å²) >= 11 is 6.58. The second-order valence-corrected chi connectivity index (χ2v) is 5.15. The van der Waals surface area contributed by atoms with Gasteiger partial charge in [0.1, 0.15) is 5.69 Å². The van der Waals surface area contributed by atoms with Gasteiger partial charge in [-0.25, -0.2) is 0 Å². The van der Waals surface area contributed by atoms with Crippen molar-refractivity contribution in [2.24, 2.45) is 0 Å².